The lowest BCUT2D eigenvalue weighted by atomic mass is 9.89. The van der Waals surface area contributed by atoms with Gasteiger partial charge < -0.3 is 43.2 Å². The zero-order valence-corrected chi connectivity index (χ0v) is 39.6. The summed E-state index contributed by atoms with van der Waals surface area (Å²) in [7, 11) is 0.964. The summed E-state index contributed by atoms with van der Waals surface area (Å²) in [6.45, 7) is 3.71. The van der Waals surface area contributed by atoms with Gasteiger partial charge in [-0.15, -0.1) is 0 Å². The highest BCUT2D eigenvalue weighted by molar-refractivity contribution is 7.45. The number of aliphatic hydroxyl groups is 3. The molecule has 1 aliphatic rings. The maximum atomic E-state index is 12.8. The minimum Gasteiger partial charge on any atom is -0.756 e. The van der Waals surface area contributed by atoms with Crippen LogP contribution in [0.3, 0.4) is 0 Å². The molecule has 0 aromatic heterocycles. The normalized spacial score (nSPS) is 20.6. The second-order valence-corrected chi connectivity index (χ2v) is 19.2. The number of likely N-dealkylation sites (N-methyl/N-ethyl adjacent to an activating group) is 1. The van der Waals surface area contributed by atoms with Crippen molar-refractivity contribution in [2.75, 3.05) is 47.5 Å². The van der Waals surface area contributed by atoms with Gasteiger partial charge in [-0.05, 0) is 57.3 Å². The van der Waals surface area contributed by atoms with Crippen LogP contribution in [0, 0.1) is 11.8 Å². The van der Waals surface area contributed by atoms with Crippen molar-refractivity contribution in [2.24, 2.45) is 11.8 Å². The highest BCUT2D eigenvalue weighted by Crippen LogP contribution is 2.39. The van der Waals surface area contributed by atoms with E-state index in [1.807, 2.05) is 21.1 Å². The van der Waals surface area contributed by atoms with Crippen LogP contribution in [0.4, 0.5) is 0 Å². The van der Waals surface area contributed by atoms with E-state index in [0.29, 0.717) is 30.3 Å². The number of phosphoric acid groups is 1. The van der Waals surface area contributed by atoms with E-state index in [1.165, 1.54) is 57.8 Å². The molecule has 0 saturated heterocycles. The Balaban J connectivity index is 2.49. The molecule has 0 aromatic rings. The summed E-state index contributed by atoms with van der Waals surface area (Å²) in [6.07, 6.45) is 34.1. The second kappa shape index (κ2) is 35.2. The first-order valence-electron chi connectivity index (χ1n) is 23.6. The van der Waals surface area contributed by atoms with Crippen LogP contribution in [-0.4, -0.2) is 104 Å². The number of aliphatic hydroxyl groups excluding tert-OH is 3. The van der Waals surface area contributed by atoms with Crippen LogP contribution >= 0.6 is 7.82 Å². The molecule has 0 amide bonds. The number of unbranched alkanes of at least 4 members (excludes halogenated alkanes) is 14. The first-order valence-corrected chi connectivity index (χ1v) is 25.1. The summed E-state index contributed by atoms with van der Waals surface area (Å²) in [5.41, 5.74) is 0. The van der Waals surface area contributed by atoms with Crippen molar-refractivity contribution >= 4 is 19.8 Å². The molecule has 0 heterocycles. The molecule has 7 atom stereocenters. The fourth-order valence-electron chi connectivity index (χ4n) is 7.13. The highest BCUT2D eigenvalue weighted by atomic mass is 31.2. The Hall–Kier alpha value is -2.15. The molecule has 1 aliphatic carbocycles. The van der Waals surface area contributed by atoms with Crippen LogP contribution in [0.1, 0.15) is 162 Å². The summed E-state index contributed by atoms with van der Waals surface area (Å²) in [5.74, 6) is -1.78. The van der Waals surface area contributed by atoms with Gasteiger partial charge in [0.25, 0.3) is 7.82 Å². The number of nitrogens with zero attached hydrogens (tertiary/aromatic N) is 1. The third-order valence-corrected chi connectivity index (χ3v) is 11.9. The Bertz CT molecular complexity index is 1300. The van der Waals surface area contributed by atoms with E-state index in [0.717, 1.165) is 51.4 Å². The number of hydrogen-bond donors (Lipinski definition) is 3. The average molecular weight is 884 g/mol. The number of allylic oxidation sites excluding steroid dienone is 5. The molecule has 0 aromatic carbocycles. The number of carbonyl (C=O) groups excluding carboxylic acids is 2. The standard InChI is InChI=1S/C48H86NO11P/c1-6-8-10-11-12-13-14-15-16-17-18-19-20-21-22-23-24-25-27-32-47(53)57-39-42(40-59-61(55,56)58-37-36-49(3,4)5)60-48(54)33-29-28-31-43-44(46(52)38-45(43)51)35-34-41(50)30-26-9-7-2/h12-13,15-16,28-29,34-35,41-46,50-52H,6-11,14,17-27,30-33,36-40H2,1-5H3/b13-12-,16-15-,29-28-,35-34+/t41-,42-,43+,44-,45+,46-/m1/s1. The Morgan fingerprint density at radius 3 is 2.00 bits per heavy atom. The monoisotopic (exact) mass is 884 g/mol. The molecule has 0 spiro atoms. The van der Waals surface area contributed by atoms with Gasteiger partial charge in [0.05, 0.1) is 52.5 Å². The van der Waals surface area contributed by atoms with E-state index in [9.17, 15) is 34.4 Å². The van der Waals surface area contributed by atoms with E-state index in [2.05, 4.69) is 38.2 Å². The Morgan fingerprint density at radius 1 is 0.754 bits per heavy atom. The van der Waals surface area contributed by atoms with Crippen molar-refractivity contribution in [1.82, 2.24) is 0 Å². The van der Waals surface area contributed by atoms with E-state index >= 15 is 0 Å². The second-order valence-electron chi connectivity index (χ2n) is 17.8. The van der Waals surface area contributed by atoms with Gasteiger partial charge in [0.1, 0.15) is 19.8 Å². The first kappa shape index (κ1) is 56.9. The largest absolute Gasteiger partial charge is 0.756 e. The number of ether oxygens (including phenoxy) is 2. The maximum Gasteiger partial charge on any atom is 0.310 e. The fourth-order valence-corrected chi connectivity index (χ4v) is 7.86. The Morgan fingerprint density at radius 2 is 1.36 bits per heavy atom. The minimum absolute atomic E-state index is 0.0903. The van der Waals surface area contributed by atoms with Crippen LogP contribution in [-0.2, 0) is 32.7 Å². The van der Waals surface area contributed by atoms with Crippen molar-refractivity contribution in [3.8, 4) is 0 Å². The van der Waals surface area contributed by atoms with Crippen LogP contribution in [0.25, 0.3) is 0 Å². The topological polar surface area (TPSA) is 172 Å². The van der Waals surface area contributed by atoms with E-state index in [1.54, 1.807) is 24.3 Å². The number of hydrogen-bond acceptors (Lipinski definition) is 11. The smallest absolute Gasteiger partial charge is 0.310 e. The molecule has 13 heteroatoms. The molecule has 1 unspecified atom stereocenters. The third kappa shape index (κ3) is 32.2. The average Bonchev–Trinajstić information content (AvgIpc) is 3.47. The Kier molecular flexibility index (Phi) is 32.8. The van der Waals surface area contributed by atoms with Gasteiger partial charge in [0.15, 0.2) is 6.10 Å². The molecule has 12 nitrogen and oxygen atoms in total. The molecule has 61 heavy (non-hydrogen) atoms. The summed E-state index contributed by atoms with van der Waals surface area (Å²) in [6, 6.07) is 0. The van der Waals surface area contributed by atoms with E-state index < -0.39 is 50.8 Å². The van der Waals surface area contributed by atoms with Gasteiger partial charge in [0.2, 0.25) is 0 Å². The van der Waals surface area contributed by atoms with Crippen molar-refractivity contribution in [3.05, 3.63) is 48.6 Å². The lowest BCUT2D eigenvalue weighted by Crippen LogP contribution is -2.37. The lowest BCUT2D eigenvalue weighted by molar-refractivity contribution is -0.870. The molecule has 0 aliphatic heterocycles. The summed E-state index contributed by atoms with van der Waals surface area (Å²) in [5, 5.41) is 31.5. The van der Waals surface area contributed by atoms with Gasteiger partial charge >= 0.3 is 11.9 Å². The lowest BCUT2D eigenvalue weighted by Gasteiger charge is -2.28. The molecule has 3 N–H and O–H groups in total. The van der Waals surface area contributed by atoms with Crippen LogP contribution in [0.15, 0.2) is 48.6 Å². The van der Waals surface area contributed by atoms with Gasteiger partial charge in [-0.3, -0.25) is 14.2 Å². The van der Waals surface area contributed by atoms with Gasteiger partial charge in [0, 0.05) is 18.8 Å². The minimum atomic E-state index is -4.72. The molecule has 0 bridgehead atoms. The molecule has 354 valence electrons. The molecule has 1 fully saturated rings. The molecule has 0 radical (unpaired) electrons. The van der Waals surface area contributed by atoms with Gasteiger partial charge in [-0.25, -0.2) is 0 Å². The number of rotatable bonds is 38. The number of phosphoric ester groups is 1. The van der Waals surface area contributed by atoms with Crippen LogP contribution < -0.4 is 4.89 Å². The molecule has 1 rings (SSSR count). The number of carbonyl (C=O) groups is 2. The quantitative estimate of drug-likeness (QED) is 0.0178. The molecular weight excluding hydrogens is 797 g/mol. The first-order chi connectivity index (χ1) is 29.2. The maximum absolute atomic E-state index is 12.8. The van der Waals surface area contributed by atoms with Gasteiger partial charge in [-0.2, -0.15) is 0 Å². The Labute approximate surface area is 370 Å². The van der Waals surface area contributed by atoms with Crippen molar-refractivity contribution in [1.29, 1.82) is 0 Å². The zero-order valence-electron chi connectivity index (χ0n) is 38.7. The van der Waals surface area contributed by atoms with Crippen LogP contribution in [0.5, 0.6) is 0 Å². The highest BCUT2D eigenvalue weighted by Gasteiger charge is 2.39. The van der Waals surface area contributed by atoms with E-state index in [-0.39, 0.29) is 44.3 Å². The summed E-state index contributed by atoms with van der Waals surface area (Å²) >= 11 is 0. The van der Waals surface area contributed by atoms with Crippen LogP contribution in [0.2, 0.25) is 0 Å². The van der Waals surface area contributed by atoms with Crippen molar-refractivity contribution in [2.45, 2.75) is 186 Å². The predicted octanol–water partition coefficient (Wildman–Crippen LogP) is 9.21. The van der Waals surface area contributed by atoms with Gasteiger partial charge in [-0.1, -0.05) is 140 Å². The fraction of sp³-hybridized carbons (Fsp3) is 0.792. The zero-order chi connectivity index (χ0) is 45.2. The number of quaternary nitrogens is 1. The summed E-state index contributed by atoms with van der Waals surface area (Å²) < 4.78 is 33.8. The SMILES string of the molecule is CCCCC/C=C\C/C=C\CCCCCCCCCCCC(=O)OC[C@H](COP(=O)([O-])OCC[N+](C)(C)C)OC(=O)C/C=C\C[C@H]1[C@@H](/C=C/[C@H](O)CCCCC)[C@H](O)C[C@@H]1O. The third-order valence-electron chi connectivity index (χ3n) is 10.9. The molecular formula is C48H86NO11P. The molecule has 1 saturated carbocycles. The predicted molar refractivity (Wildman–Crippen MR) is 242 cm³/mol. The van der Waals surface area contributed by atoms with Crippen molar-refractivity contribution < 1.29 is 57.4 Å². The van der Waals surface area contributed by atoms with Crippen molar-refractivity contribution in [3.63, 3.8) is 0 Å². The number of esters is 2. The van der Waals surface area contributed by atoms with E-state index in [4.69, 9.17) is 18.5 Å². The summed E-state index contributed by atoms with van der Waals surface area (Å²) in [4.78, 5) is 37.9.